The number of nitrogens with zero attached hydrogens (tertiary/aromatic N) is 2. The third-order valence-corrected chi connectivity index (χ3v) is 4.96. The Balaban J connectivity index is 1.48. The molecule has 0 spiro atoms. The minimum Gasteiger partial charge on any atom is -0.307 e. The summed E-state index contributed by atoms with van der Waals surface area (Å²) in [6.07, 6.45) is 1.70. The number of carbonyl (C=O) groups is 1. The predicted octanol–water partition coefficient (Wildman–Crippen LogP) is 4.91. The molecule has 0 aliphatic carbocycles. The highest BCUT2D eigenvalue weighted by atomic mass is 32.1. The van der Waals surface area contributed by atoms with E-state index in [1.54, 1.807) is 22.2 Å². The molecule has 0 saturated carbocycles. The first-order valence-electron chi connectivity index (χ1n) is 8.30. The summed E-state index contributed by atoms with van der Waals surface area (Å²) < 4.78 is 1.79. The molecular formula is C21H17N3OS. The minimum atomic E-state index is -0.141. The Morgan fingerprint density at radius 1 is 0.923 bits per heavy atom. The highest BCUT2D eigenvalue weighted by molar-refractivity contribution is 7.09. The van der Waals surface area contributed by atoms with Gasteiger partial charge in [0, 0.05) is 16.5 Å². The molecule has 0 saturated heterocycles. The van der Waals surface area contributed by atoms with Gasteiger partial charge in [0.05, 0.1) is 12.7 Å². The molecule has 0 fully saturated rings. The maximum atomic E-state index is 12.6. The van der Waals surface area contributed by atoms with Crippen molar-refractivity contribution in [1.29, 1.82) is 0 Å². The quantitative estimate of drug-likeness (QED) is 0.550. The van der Waals surface area contributed by atoms with Gasteiger partial charge < -0.3 is 5.32 Å². The molecule has 5 heteroatoms. The average molecular weight is 359 g/mol. The lowest BCUT2D eigenvalue weighted by Gasteiger charge is -2.09. The fourth-order valence-corrected chi connectivity index (χ4v) is 3.43. The molecule has 0 bridgehead atoms. The van der Waals surface area contributed by atoms with Gasteiger partial charge in [-0.05, 0) is 34.7 Å². The number of anilines is 1. The minimum absolute atomic E-state index is 0.141. The Hall–Kier alpha value is -3.18. The third kappa shape index (κ3) is 3.58. The molecule has 1 amide bonds. The van der Waals surface area contributed by atoms with Gasteiger partial charge in [0.15, 0.2) is 0 Å². The number of thiophene rings is 1. The molecule has 4 aromatic rings. The summed E-state index contributed by atoms with van der Waals surface area (Å²) in [6.45, 7) is 0.646. The Morgan fingerprint density at radius 3 is 2.42 bits per heavy atom. The van der Waals surface area contributed by atoms with Crippen LogP contribution in [0, 0.1) is 0 Å². The monoisotopic (exact) mass is 359 g/mol. The van der Waals surface area contributed by atoms with Crippen molar-refractivity contribution < 1.29 is 4.79 Å². The second-order valence-corrected chi connectivity index (χ2v) is 6.88. The molecule has 2 aromatic carbocycles. The van der Waals surface area contributed by atoms with E-state index in [1.807, 2.05) is 60.0 Å². The van der Waals surface area contributed by atoms with E-state index in [4.69, 9.17) is 0 Å². The molecule has 4 nitrogen and oxygen atoms in total. The van der Waals surface area contributed by atoms with Gasteiger partial charge in [-0.25, -0.2) is 4.68 Å². The predicted molar refractivity (Wildman–Crippen MR) is 105 cm³/mol. The van der Waals surface area contributed by atoms with E-state index in [2.05, 4.69) is 28.6 Å². The van der Waals surface area contributed by atoms with Gasteiger partial charge in [-0.3, -0.25) is 4.79 Å². The summed E-state index contributed by atoms with van der Waals surface area (Å²) in [4.78, 5) is 13.8. The van der Waals surface area contributed by atoms with Crippen molar-refractivity contribution in [2.45, 2.75) is 6.54 Å². The van der Waals surface area contributed by atoms with E-state index in [0.717, 1.165) is 11.1 Å². The van der Waals surface area contributed by atoms with Gasteiger partial charge in [-0.15, -0.1) is 11.3 Å². The number of benzene rings is 2. The summed E-state index contributed by atoms with van der Waals surface area (Å²) in [5.41, 5.74) is 2.84. The fourth-order valence-electron chi connectivity index (χ4n) is 2.75. The van der Waals surface area contributed by atoms with Gasteiger partial charge in [-0.1, -0.05) is 48.5 Å². The molecular weight excluding hydrogens is 342 g/mol. The van der Waals surface area contributed by atoms with E-state index in [0.29, 0.717) is 17.9 Å². The van der Waals surface area contributed by atoms with Gasteiger partial charge in [0.1, 0.15) is 5.82 Å². The normalized spacial score (nSPS) is 10.6. The van der Waals surface area contributed by atoms with Crippen LogP contribution >= 0.6 is 11.3 Å². The zero-order valence-electron chi connectivity index (χ0n) is 14.0. The van der Waals surface area contributed by atoms with Crippen molar-refractivity contribution >= 4 is 23.1 Å². The maximum absolute atomic E-state index is 12.6. The largest absolute Gasteiger partial charge is 0.307 e. The first kappa shape index (κ1) is 16.3. The Labute approximate surface area is 155 Å². The second-order valence-electron chi connectivity index (χ2n) is 5.85. The van der Waals surface area contributed by atoms with E-state index in [-0.39, 0.29) is 5.91 Å². The van der Waals surface area contributed by atoms with Crippen LogP contribution in [0.5, 0.6) is 0 Å². The van der Waals surface area contributed by atoms with Gasteiger partial charge in [0.25, 0.3) is 5.91 Å². The van der Waals surface area contributed by atoms with Gasteiger partial charge in [0.2, 0.25) is 0 Å². The van der Waals surface area contributed by atoms with Crippen molar-refractivity contribution in [3.63, 3.8) is 0 Å². The van der Waals surface area contributed by atoms with Crippen LogP contribution in [0.15, 0.2) is 84.4 Å². The average Bonchev–Trinajstić information content (AvgIpc) is 3.35. The number of aromatic nitrogens is 2. The highest BCUT2D eigenvalue weighted by Crippen LogP contribution is 2.20. The number of nitrogens with one attached hydrogen (secondary N) is 1. The van der Waals surface area contributed by atoms with Crippen LogP contribution in [0.25, 0.3) is 11.1 Å². The summed E-state index contributed by atoms with van der Waals surface area (Å²) >= 11 is 1.67. The van der Waals surface area contributed by atoms with Crippen molar-refractivity contribution in [2.75, 3.05) is 5.32 Å². The first-order valence-corrected chi connectivity index (χ1v) is 9.18. The molecule has 0 unspecified atom stereocenters. The zero-order valence-corrected chi connectivity index (χ0v) is 14.8. The van der Waals surface area contributed by atoms with E-state index < -0.39 is 0 Å². The van der Waals surface area contributed by atoms with Crippen LogP contribution in [0.3, 0.4) is 0 Å². The third-order valence-electron chi connectivity index (χ3n) is 4.10. The molecule has 1 N–H and O–H groups in total. The zero-order chi connectivity index (χ0) is 17.8. The van der Waals surface area contributed by atoms with Gasteiger partial charge in [-0.2, -0.15) is 5.10 Å². The summed E-state index contributed by atoms with van der Waals surface area (Å²) in [7, 11) is 0. The molecule has 26 heavy (non-hydrogen) atoms. The van der Waals surface area contributed by atoms with Crippen molar-refractivity contribution in [2.24, 2.45) is 0 Å². The topological polar surface area (TPSA) is 46.9 Å². The molecule has 128 valence electrons. The van der Waals surface area contributed by atoms with Crippen molar-refractivity contribution in [1.82, 2.24) is 9.78 Å². The number of hydrogen-bond acceptors (Lipinski definition) is 3. The number of amides is 1. The summed E-state index contributed by atoms with van der Waals surface area (Å²) in [6, 6.07) is 23.6. The molecule has 0 atom stereocenters. The summed E-state index contributed by atoms with van der Waals surface area (Å²) in [5, 5.41) is 9.28. The lowest BCUT2D eigenvalue weighted by Crippen LogP contribution is -2.16. The Kier molecular flexibility index (Phi) is 4.62. The standard InChI is InChI=1S/C21H17N3OS/c25-21(18-10-8-17(9-11-18)16-5-2-1-3-6-16)23-20-12-13-22-24(20)15-19-7-4-14-26-19/h1-14H,15H2,(H,23,25). The lowest BCUT2D eigenvalue weighted by molar-refractivity contribution is 0.102. The van der Waals surface area contributed by atoms with E-state index >= 15 is 0 Å². The molecule has 0 aliphatic heterocycles. The number of hydrogen-bond donors (Lipinski definition) is 1. The van der Waals surface area contributed by atoms with E-state index in [1.165, 1.54) is 4.88 Å². The summed E-state index contributed by atoms with van der Waals surface area (Å²) in [5.74, 6) is 0.549. The molecule has 4 rings (SSSR count). The van der Waals surface area contributed by atoms with Crippen molar-refractivity contribution in [3.05, 3.63) is 94.8 Å². The highest BCUT2D eigenvalue weighted by Gasteiger charge is 2.10. The van der Waals surface area contributed by atoms with Crippen LogP contribution in [-0.2, 0) is 6.54 Å². The van der Waals surface area contributed by atoms with Crippen LogP contribution < -0.4 is 5.32 Å². The fraction of sp³-hybridized carbons (Fsp3) is 0.0476. The number of rotatable bonds is 5. The smallest absolute Gasteiger partial charge is 0.256 e. The van der Waals surface area contributed by atoms with Crippen LogP contribution in [0.4, 0.5) is 5.82 Å². The maximum Gasteiger partial charge on any atom is 0.256 e. The van der Waals surface area contributed by atoms with Crippen LogP contribution in [0.1, 0.15) is 15.2 Å². The Morgan fingerprint density at radius 2 is 1.69 bits per heavy atom. The number of carbonyl (C=O) groups excluding carboxylic acids is 1. The molecule has 0 radical (unpaired) electrons. The van der Waals surface area contributed by atoms with Gasteiger partial charge >= 0.3 is 0 Å². The Bertz CT molecular complexity index is 989. The van der Waals surface area contributed by atoms with Crippen LogP contribution in [0.2, 0.25) is 0 Å². The molecule has 2 aromatic heterocycles. The lowest BCUT2D eigenvalue weighted by atomic mass is 10.0. The SMILES string of the molecule is O=C(Nc1ccnn1Cc1cccs1)c1ccc(-c2ccccc2)cc1. The van der Waals surface area contributed by atoms with Crippen LogP contribution in [-0.4, -0.2) is 15.7 Å². The molecule has 0 aliphatic rings. The first-order chi connectivity index (χ1) is 12.8. The molecule has 2 heterocycles. The second kappa shape index (κ2) is 7.37. The van der Waals surface area contributed by atoms with E-state index in [9.17, 15) is 4.79 Å². The van der Waals surface area contributed by atoms with Crippen molar-refractivity contribution in [3.8, 4) is 11.1 Å².